The Bertz CT molecular complexity index is 1610. The Hall–Kier alpha value is -4.46. The number of carbonyl (C=O) groups is 2. The molecule has 4 aromatic rings. The van der Waals surface area contributed by atoms with Gasteiger partial charge in [0, 0.05) is 29.4 Å². The summed E-state index contributed by atoms with van der Waals surface area (Å²) in [4.78, 5) is 34.7. The van der Waals surface area contributed by atoms with Gasteiger partial charge >= 0.3 is 6.03 Å². The Morgan fingerprint density at radius 3 is 2.58 bits per heavy atom. The van der Waals surface area contributed by atoms with E-state index in [1.165, 1.54) is 4.90 Å². The minimum Gasteiger partial charge on any atom is -0.497 e. The number of urea groups is 1. The molecule has 0 radical (unpaired) electrons. The molecule has 3 amide bonds. The van der Waals surface area contributed by atoms with Gasteiger partial charge in [0.25, 0.3) is 5.91 Å². The fraction of sp³-hybridized carbons (Fsp3) is 0.312. The van der Waals surface area contributed by atoms with Gasteiger partial charge in [0.1, 0.15) is 5.75 Å². The van der Waals surface area contributed by atoms with Crippen LogP contribution in [0.5, 0.6) is 17.2 Å². The number of hydrogen-bond donors (Lipinski definition) is 1. The van der Waals surface area contributed by atoms with Crippen molar-refractivity contribution >= 4 is 28.5 Å². The number of hydrogen-bond acceptors (Lipinski definition) is 5. The van der Waals surface area contributed by atoms with E-state index in [0.717, 1.165) is 34.1 Å². The number of anilines is 1. The van der Waals surface area contributed by atoms with Crippen LogP contribution in [0.15, 0.2) is 66.7 Å². The van der Waals surface area contributed by atoms with Crippen LogP contribution >= 0.6 is 0 Å². The van der Waals surface area contributed by atoms with E-state index < -0.39 is 5.54 Å². The number of para-hydroxylation sites is 1. The van der Waals surface area contributed by atoms with Crippen LogP contribution in [-0.2, 0) is 10.3 Å². The molecular weight excluding hydrogens is 506 g/mol. The third kappa shape index (κ3) is 3.81. The molecule has 0 aliphatic carbocycles. The second kappa shape index (κ2) is 9.93. The van der Waals surface area contributed by atoms with Crippen LogP contribution in [0.25, 0.3) is 10.9 Å². The zero-order valence-electron chi connectivity index (χ0n) is 23.2. The number of benzene rings is 3. The minimum atomic E-state index is -1.20. The maximum atomic E-state index is 14.2. The molecule has 2 aliphatic heterocycles. The van der Waals surface area contributed by atoms with Crippen molar-refractivity contribution < 1.29 is 23.8 Å². The summed E-state index contributed by atoms with van der Waals surface area (Å²) in [5.41, 5.74) is 2.95. The Labute approximate surface area is 233 Å². The van der Waals surface area contributed by atoms with Gasteiger partial charge in [-0.15, -0.1) is 0 Å². The summed E-state index contributed by atoms with van der Waals surface area (Å²) in [6, 6.07) is 20.7. The summed E-state index contributed by atoms with van der Waals surface area (Å²) >= 11 is 0. The number of nitrogens with zero attached hydrogens (tertiary/aromatic N) is 2. The van der Waals surface area contributed by atoms with Gasteiger partial charge in [-0.25, -0.2) is 9.69 Å². The second-order valence-corrected chi connectivity index (χ2v) is 10.3. The SMILES string of the molecule is CCCOc1ccc(C2CN3C(=O)N(c4cccc(OC)c4)C(=O)C3(C)c3[nH]c4ccccc4c32)cc1OCC. The number of rotatable bonds is 8. The molecule has 2 unspecified atom stereocenters. The molecule has 8 nitrogen and oxygen atoms in total. The van der Waals surface area contributed by atoms with Crippen molar-refractivity contribution in [3.05, 3.63) is 83.6 Å². The number of aromatic nitrogens is 1. The van der Waals surface area contributed by atoms with E-state index in [4.69, 9.17) is 14.2 Å². The topological polar surface area (TPSA) is 84.1 Å². The summed E-state index contributed by atoms with van der Waals surface area (Å²) < 4.78 is 17.3. The zero-order valence-corrected chi connectivity index (χ0v) is 23.2. The maximum absolute atomic E-state index is 14.2. The van der Waals surface area contributed by atoms with Crippen LogP contribution in [0.3, 0.4) is 0 Å². The first kappa shape index (κ1) is 25.8. The van der Waals surface area contributed by atoms with Crippen LogP contribution in [-0.4, -0.2) is 48.7 Å². The molecule has 6 rings (SSSR count). The number of aromatic amines is 1. The van der Waals surface area contributed by atoms with E-state index in [2.05, 4.69) is 18.0 Å². The highest BCUT2D eigenvalue weighted by molar-refractivity contribution is 6.23. The number of amides is 3. The molecule has 8 heteroatoms. The van der Waals surface area contributed by atoms with Crippen molar-refractivity contribution in [1.29, 1.82) is 0 Å². The molecule has 1 saturated heterocycles. The molecule has 1 fully saturated rings. The predicted molar refractivity (Wildman–Crippen MR) is 153 cm³/mol. The predicted octanol–water partition coefficient (Wildman–Crippen LogP) is 6.19. The van der Waals surface area contributed by atoms with Gasteiger partial charge in [0.15, 0.2) is 17.0 Å². The number of fused-ring (bicyclic) bond motifs is 5. The Kier molecular flexibility index (Phi) is 6.41. The van der Waals surface area contributed by atoms with Crippen molar-refractivity contribution in [3.8, 4) is 17.2 Å². The average Bonchev–Trinajstić information content (AvgIpc) is 3.46. The van der Waals surface area contributed by atoms with E-state index in [9.17, 15) is 9.59 Å². The Morgan fingerprint density at radius 1 is 0.975 bits per heavy atom. The number of nitrogens with one attached hydrogen (secondary N) is 1. The minimum absolute atomic E-state index is 0.194. The molecular formula is C32H33N3O5. The van der Waals surface area contributed by atoms with Gasteiger partial charge < -0.3 is 24.1 Å². The summed E-state index contributed by atoms with van der Waals surface area (Å²) in [5.74, 6) is 1.45. The standard InChI is InChI=1S/C32H33N3O5/c1-5-16-40-26-15-14-20(17-27(26)39-6-2)24-19-34-31(37)35(21-10-9-11-22(18-21)38-4)30(36)32(34,3)29-28(24)23-12-7-8-13-25(23)33-29/h7-15,17-18,24,33H,5-6,16,19H2,1-4H3. The van der Waals surface area contributed by atoms with Crippen LogP contribution < -0.4 is 19.1 Å². The fourth-order valence-corrected chi connectivity index (χ4v) is 6.01. The third-order valence-corrected chi connectivity index (χ3v) is 7.97. The molecule has 0 saturated carbocycles. The maximum Gasteiger partial charge on any atom is 0.332 e. The quantitative estimate of drug-likeness (QED) is 0.270. The molecule has 1 N–H and O–H groups in total. The lowest BCUT2D eigenvalue weighted by Crippen LogP contribution is -2.50. The lowest BCUT2D eigenvalue weighted by molar-refractivity contribution is -0.125. The first-order chi connectivity index (χ1) is 19.4. The zero-order chi connectivity index (χ0) is 28.0. The Morgan fingerprint density at radius 2 is 1.80 bits per heavy atom. The smallest absolute Gasteiger partial charge is 0.332 e. The number of ether oxygens (including phenoxy) is 3. The number of imide groups is 1. The van der Waals surface area contributed by atoms with E-state index in [1.54, 1.807) is 36.3 Å². The lowest BCUT2D eigenvalue weighted by Gasteiger charge is -2.40. The highest BCUT2D eigenvalue weighted by Gasteiger charge is 2.60. The molecule has 1 aromatic heterocycles. The number of methoxy groups -OCH3 is 1. The highest BCUT2D eigenvalue weighted by atomic mass is 16.5. The molecule has 3 aromatic carbocycles. The molecule has 3 heterocycles. The van der Waals surface area contributed by atoms with Gasteiger partial charge in [0.2, 0.25) is 0 Å². The van der Waals surface area contributed by atoms with E-state index >= 15 is 0 Å². The Balaban J connectivity index is 1.51. The first-order valence-corrected chi connectivity index (χ1v) is 13.7. The van der Waals surface area contributed by atoms with Gasteiger partial charge in [0.05, 0.1) is 31.7 Å². The molecule has 0 spiro atoms. The summed E-state index contributed by atoms with van der Waals surface area (Å²) in [6.45, 7) is 7.28. The van der Waals surface area contributed by atoms with Crippen molar-refractivity contribution in [2.75, 3.05) is 31.8 Å². The highest BCUT2D eigenvalue weighted by Crippen LogP contribution is 2.51. The van der Waals surface area contributed by atoms with Crippen LogP contribution in [0, 0.1) is 0 Å². The van der Waals surface area contributed by atoms with Crippen LogP contribution in [0.2, 0.25) is 0 Å². The van der Waals surface area contributed by atoms with Gasteiger partial charge in [-0.1, -0.05) is 37.3 Å². The fourth-order valence-electron chi connectivity index (χ4n) is 6.01. The molecule has 40 heavy (non-hydrogen) atoms. The van der Waals surface area contributed by atoms with E-state index in [0.29, 0.717) is 42.7 Å². The van der Waals surface area contributed by atoms with Crippen LogP contribution in [0.1, 0.15) is 49.9 Å². The molecule has 2 aliphatic rings. The number of H-pyrrole nitrogens is 1. The van der Waals surface area contributed by atoms with Crippen LogP contribution in [0.4, 0.5) is 10.5 Å². The van der Waals surface area contributed by atoms with E-state index in [-0.39, 0.29) is 17.9 Å². The normalized spacial score (nSPS) is 20.1. The first-order valence-electron chi connectivity index (χ1n) is 13.7. The van der Waals surface area contributed by atoms with Crippen molar-refractivity contribution in [1.82, 2.24) is 9.88 Å². The largest absolute Gasteiger partial charge is 0.497 e. The monoisotopic (exact) mass is 539 g/mol. The molecule has 2 atom stereocenters. The lowest BCUT2D eigenvalue weighted by atomic mass is 9.78. The average molecular weight is 540 g/mol. The second-order valence-electron chi connectivity index (χ2n) is 10.3. The molecule has 206 valence electrons. The van der Waals surface area contributed by atoms with Gasteiger partial charge in [-0.05, 0) is 61.7 Å². The van der Waals surface area contributed by atoms with Crippen molar-refractivity contribution in [2.24, 2.45) is 0 Å². The third-order valence-electron chi connectivity index (χ3n) is 7.97. The van der Waals surface area contributed by atoms with E-state index in [1.807, 2.05) is 50.2 Å². The number of carbonyl (C=O) groups excluding carboxylic acids is 2. The summed E-state index contributed by atoms with van der Waals surface area (Å²) in [5, 5.41) is 1.03. The molecule has 0 bridgehead atoms. The summed E-state index contributed by atoms with van der Waals surface area (Å²) in [6.07, 6.45) is 0.891. The summed E-state index contributed by atoms with van der Waals surface area (Å²) in [7, 11) is 1.56. The van der Waals surface area contributed by atoms with Gasteiger partial charge in [-0.3, -0.25) is 4.79 Å². The van der Waals surface area contributed by atoms with Crippen molar-refractivity contribution in [3.63, 3.8) is 0 Å². The van der Waals surface area contributed by atoms with Crippen molar-refractivity contribution in [2.45, 2.75) is 38.6 Å². The van der Waals surface area contributed by atoms with Gasteiger partial charge in [-0.2, -0.15) is 0 Å².